The molecule has 0 fully saturated rings. The molecule has 1 aromatic rings. The van der Waals surface area contributed by atoms with Gasteiger partial charge in [0.25, 0.3) is 5.91 Å². The Labute approximate surface area is 139 Å². The number of fused-ring (bicyclic) bond motifs is 1. The Bertz CT molecular complexity index is 645. The molecule has 130 valence electrons. The van der Waals surface area contributed by atoms with E-state index < -0.39 is 24.4 Å². The van der Waals surface area contributed by atoms with E-state index in [-0.39, 0.29) is 12.5 Å². The van der Waals surface area contributed by atoms with Crippen LogP contribution in [0.4, 0.5) is 5.69 Å². The molecule has 0 aromatic heterocycles. The molecule has 2 rings (SSSR count). The molecule has 1 unspecified atom stereocenters. The number of carboxylic acids is 1. The average molecular weight is 336 g/mol. The quantitative estimate of drug-likeness (QED) is 0.695. The van der Waals surface area contributed by atoms with Crippen LogP contribution in [-0.4, -0.2) is 55.8 Å². The van der Waals surface area contributed by atoms with Crippen LogP contribution in [0.3, 0.4) is 0 Å². The maximum absolute atomic E-state index is 12.5. The number of benzene rings is 1. The van der Waals surface area contributed by atoms with E-state index >= 15 is 0 Å². The number of carboxylic acid groups (broad SMARTS) is 1. The fraction of sp³-hybridized carbons (Fsp3) is 0.438. The minimum atomic E-state index is -1.15. The number of hydrogen-bond acceptors (Lipinski definition) is 5. The smallest absolute Gasteiger partial charge is 0.307 e. The molecule has 8 nitrogen and oxygen atoms in total. The molecule has 1 aromatic carbocycles. The summed E-state index contributed by atoms with van der Waals surface area (Å²) in [6.07, 6.45) is -1.61. The van der Waals surface area contributed by atoms with E-state index in [0.29, 0.717) is 24.6 Å². The summed E-state index contributed by atoms with van der Waals surface area (Å²) in [6, 6.07) is 5.19. The van der Waals surface area contributed by atoms with Crippen molar-refractivity contribution in [1.82, 2.24) is 5.32 Å². The van der Waals surface area contributed by atoms with Gasteiger partial charge in [0, 0.05) is 13.7 Å². The van der Waals surface area contributed by atoms with E-state index in [0.717, 1.165) is 5.56 Å². The normalized spacial score (nSPS) is 16.3. The van der Waals surface area contributed by atoms with Crippen LogP contribution in [0.5, 0.6) is 5.75 Å². The molecular weight excluding hydrogens is 316 g/mol. The third-order valence-electron chi connectivity index (χ3n) is 3.51. The fourth-order valence-electron chi connectivity index (χ4n) is 2.38. The summed E-state index contributed by atoms with van der Waals surface area (Å²) in [5, 5.41) is 11.6. The van der Waals surface area contributed by atoms with Gasteiger partial charge in [0.1, 0.15) is 12.3 Å². The number of carbonyl (C=O) groups excluding carboxylic acids is 2. The number of aryl methyl sites for hydroxylation is 1. The number of anilines is 1. The average Bonchev–Trinajstić information content (AvgIpc) is 2.52. The summed E-state index contributed by atoms with van der Waals surface area (Å²) in [7, 11) is 1.52. The van der Waals surface area contributed by atoms with Gasteiger partial charge >= 0.3 is 5.97 Å². The number of amides is 2. The number of methoxy groups -OCH3 is 1. The number of aliphatic carboxylic acids is 1. The van der Waals surface area contributed by atoms with E-state index in [9.17, 15) is 14.4 Å². The molecule has 1 aliphatic heterocycles. The maximum Gasteiger partial charge on any atom is 0.307 e. The first-order valence-corrected chi connectivity index (χ1v) is 7.48. The number of ether oxygens (including phenoxy) is 2. The topological polar surface area (TPSA) is 105 Å². The second kappa shape index (κ2) is 7.78. The fourth-order valence-corrected chi connectivity index (χ4v) is 2.38. The molecule has 0 bridgehead atoms. The summed E-state index contributed by atoms with van der Waals surface area (Å²) in [4.78, 5) is 36.8. The van der Waals surface area contributed by atoms with Gasteiger partial charge in [0.05, 0.1) is 18.7 Å². The van der Waals surface area contributed by atoms with Crippen LogP contribution >= 0.6 is 0 Å². The van der Waals surface area contributed by atoms with Gasteiger partial charge in [-0.25, -0.2) is 0 Å². The lowest BCUT2D eigenvalue weighted by Crippen LogP contribution is -2.50. The van der Waals surface area contributed by atoms with Gasteiger partial charge in [-0.1, -0.05) is 6.07 Å². The molecule has 0 aliphatic carbocycles. The summed E-state index contributed by atoms with van der Waals surface area (Å²) in [6.45, 7) is 2.33. The lowest BCUT2D eigenvalue weighted by Gasteiger charge is -2.33. The number of hydrogen-bond donors (Lipinski definition) is 2. The molecule has 8 heteroatoms. The van der Waals surface area contributed by atoms with Gasteiger partial charge in [-0.15, -0.1) is 0 Å². The van der Waals surface area contributed by atoms with Crippen LogP contribution in [0.1, 0.15) is 12.0 Å². The molecule has 2 amide bonds. The van der Waals surface area contributed by atoms with E-state index in [1.165, 1.54) is 12.0 Å². The van der Waals surface area contributed by atoms with Crippen LogP contribution in [0, 0.1) is 6.92 Å². The van der Waals surface area contributed by atoms with Crippen molar-refractivity contribution in [2.24, 2.45) is 0 Å². The minimum absolute atomic E-state index is 0.210. The summed E-state index contributed by atoms with van der Waals surface area (Å²) >= 11 is 0. The molecule has 1 atom stereocenters. The Morgan fingerprint density at radius 2 is 2.17 bits per heavy atom. The predicted octanol–water partition coefficient (Wildman–Crippen LogP) is 0.326. The molecular formula is C16H20N2O6. The van der Waals surface area contributed by atoms with Gasteiger partial charge in [-0.05, 0) is 24.6 Å². The first-order chi connectivity index (χ1) is 11.4. The van der Waals surface area contributed by atoms with E-state index in [2.05, 4.69) is 5.32 Å². The zero-order valence-corrected chi connectivity index (χ0v) is 13.6. The minimum Gasteiger partial charge on any atom is -0.481 e. The number of nitrogens with zero attached hydrogens (tertiary/aromatic N) is 1. The second-order valence-corrected chi connectivity index (χ2v) is 5.44. The number of carbonyl (C=O) groups is 3. The van der Waals surface area contributed by atoms with E-state index in [4.69, 9.17) is 14.6 Å². The van der Waals surface area contributed by atoms with E-state index in [1.54, 1.807) is 18.2 Å². The Morgan fingerprint density at radius 1 is 1.42 bits per heavy atom. The van der Waals surface area contributed by atoms with Crippen LogP contribution < -0.4 is 15.0 Å². The largest absolute Gasteiger partial charge is 0.481 e. The second-order valence-electron chi connectivity index (χ2n) is 5.44. The zero-order valence-electron chi connectivity index (χ0n) is 13.6. The van der Waals surface area contributed by atoms with Crippen molar-refractivity contribution in [3.05, 3.63) is 23.8 Å². The Balaban J connectivity index is 2.22. The van der Waals surface area contributed by atoms with Crippen LogP contribution in [0.25, 0.3) is 0 Å². The molecule has 0 radical (unpaired) electrons. The van der Waals surface area contributed by atoms with Crippen molar-refractivity contribution >= 4 is 23.5 Å². The highest BCUT2D eigenvalue weighted by atomic mass is 16.5. The van der Waals surface area contributed by atoms with Crippen molar-refractivity contribution in [2.45, 2.75) is 19.4 Å². The Kier molecular flexibility index (Phi) is 5.75. The van der Waals surface area contributed by atoms with Gasteiger partial charge < -0.3 is 19.9 Å². The Hall–Kier alpha value is -2.61. The van der Waals surface area contributed by atoms with Gasteiger partial charge in [0.2, 0.25) is 5.91 Å². The highest BCUT2D eigenvalue weighted by Gasteiger charge is 2.36. The summed E-state index contributed by atoms with van der Waals surface area (Å²) < 4.78 is 10.4. The highest BCUT2D eigenvalue weighted by Crippen LogP contribution is 2.35. The van der Waals surface area contributed by atoms with Gasteiger partial charge in [-0.3, -0.25) is 19.3 Å². The monoisotopic (exact) mass is 336 g/mol. The van der Waals surface area contributed by atoms with Crippen molar-refractivity contribution in [3.63, 3.8) is 0 Å². The van der Waals surface area contributed by atoms with Crippen LogP contribution in [-0.2, 0) is 19.1 Å². The van der Waals surface area contributed by atoms with Gasteiger partial charge in [-0.2, -0.15) is 0 Å². The first kappa shape index (κ1) is 17.7. The molecule has 0 spiro atoms. The molecule has 0 saturated heterocycles. The molecule has 1 aliphatic rings. The number of nitrogens with one attached hydrogen (secondary N) is 1. The standard InChI is InChI=1S/C16H20N2O6/c1-10-3-4-12-11(7-10)18(9-14(19)17-5-6-23-2)16(22)13(24-12)8-15(20)21/h3-4,7,13H,5-6,8-9H2,1-2H3,(H,17,19)(H,20,21). The SMILES string of the molecule is COCCNC(=O)CN1C(=O)C(CC(=O)O)Oc2ccc(C)cc21. The zero-order chi connectivity index (χ0) is 17.7. The first-order valence-electron chi connectivity index (χ1n) is 7.48. The summed E-state index contributed by atoms with van der Waals surface area (Å²) in [5.74, 6) is -1.66. The van der Waals surface area contributed by atoms with Gasteiger partial charge in [0.15, 0.2) is 6.10 Å². The number of rotatable bonds is 7. The maximum atomic E-state index is 12.5. The van der Waals surface area contributed by atoms with Crippen molar-refractivity contribution < 1.29 is 29.0 Å². The molecule has 24 heavy (non-hydrogen) atoms. The van der Waals surface area contributed by atoms with Crippen molar-refractivity contribution in [1.29, 1.82) is 0 Å². The van der Waals surface area contributed by atoms with Crippen LogP contribution in [0.15, 0.2) is 18.2 Å². The molecule has 1 heterocycles. The third kappa shape index (κ3) is 4.23. The third-order valence-corrected chi connectivity index (χ3v) is 3.51. The van der Waals surface area contributed by atoms with E-state index in [1.807, 2.05) is 6.92 Å². The predicted molar refractivity (Wildman–Crippen MR) is 85.1 cm³/mol. The van der Waals surface area contributed by atoms with Crippen molar-refractivity contribution in [2.75, 3.05) is 31.7 Å². The molecule has 2 N–H and O–H groups in total. The lowest BCUT2D eigenvalue weighted by atomic mass is 10.1. The van der Waals surface area contributed by atoms with Crippen molar-refractivity contribution in [3.8, 4) is 5.75 Å². The molecule has 0 saturated carbocycles. The Morgan fingerprint density at radius 3 is 2.83 bits per heavy atom. The highest BCUT2D eigenvalue weighted by molar-refractivity contribution is 6.05. The van der Waals surface area contributed by atoms with Crippen LogP contribution in [0.2, 0.25) is 0 Å². The lowest BCUT2D eigenvalue weighted by molar-refractivity contribution is -0.142. The summed E-state index contributed by atoms with van der Waals surface area (Å²) in [5.41, 5.74) is 1.36.